The van der Waals surface area contributed by atoms with Gasteiger partial charge >= 0.3 is 0 Å². The molecule has 0 unspecified atom stereocenters. The molecule has 0 saturated carbocycles. The van der Waals surface area contributed by atoms with Gasteiger partial charge in [-0.05, 0) is 37.9 Å². The van der Waals surface area contributed by atoms with E-state index < -0.39 is 0 Å². The fraction of sp³-hybridized carbons (Fsp3) is 0.125. The molecule has 68 valence electrons. The van der Waals surface area contributed by atoms with E-state index in [4.69, 9.17) is 11.6 Å². The zero-order valence-corrected chi connectivity index (χ0v) is 10.4. The Hall–Kier alpha value is -0.0600. The first-order valence-corrected chi connectivity index (χ1v) is 5.71. The number of aromatic nitrogens is 2. The third-order valence-corrected chi connectivity index (χ3v) is 2.95. The van der Waals surface area contributed by atoms with Crippen LogP contribution in [0.25, 0.3) is 5.65 Å². The van der Waals surface area contributed by atoms with Crippen LogP contribution in [0.1, 0.15) is 5.69 Å². The Labute approximate surface area is 97.2 Å². The van der Waals surface area contributed by atoms with E-state index in [9.17, 15) is 0 Å². The highest BCUT2D eigenvalue weighted by molar-refractivity contribution is 9.11. The van der Waals surface area contributed by atoms with Crippen molar-refractivity contribution in [3.8, 4) is 0 Å². The molecule has 2 aromatic heterocycles. The molecule has 0 amide bonds. The van der Waals surface area contributed by atoms with E-state index in [1.807, 2.05) is 22.9 Å². The second-order valence-electron chi connectivity index (χ2n) is 2.60. The summed E-state index contributed by atoms with van der Waals surface area (Å²) in [6.07, 6.45) is 3.86. The lowest BCUT2D eigenvalue weighted by atomic mass is 10.5. The van der Waals surface area contributed by atoms with E-state index in [1.54, 1.807) is 0 Å². The Morgan fingerprint density at radius 1 is 1.38 bits per heavy atom. The molecule has 0 aliphatic rings. The molecule has 0 atom stereocenters. The largest absolute Gasteiger partial charge is 0.305 e. The highest BCUT2D eigenvalue weighted by Crippen LogP contribution is 2.22. The molecule has 0 radical (unpaired) electrons. The Morgan fingerprint density at radius 3 is 2.85 bits per heavy atom. The zero-order chi connectivity index (χ0) is 9.42. The number of alkyl halides is 1. The standard InChI is InChI=1S/C8H5Br2ClN2/c9-5-1-7(10)8-12-6(2-11)4-13(8)3-5/h1,3-4H,2H2. The van der Waals surface area contributed by atoms with Crippen molar-refractivity contribution in [3.05, 3.63) is 33.1 Å². The normalized spacial score (nSPS) is 11.0. The van der Waals surface area contributed by atoms with Crippen LogP contribution < -0.4 is 0 Å². The second kappa shape index (κ2) is 3.59. The molecule has 0 aromatic carbocycles. The number of halogens is 3. The first-order valence-electron chi connectivity index (χ1n) is 3.59. The van der Waals surface area contributed by atoms with Gasteiger partial charge in [0.15, 0.2) is 5.65 Å². The third kappa shape index (κ3) is 1.75. The van der Waals surface area contributed by atoms with Crippen LogP contribution in [0.3, 0.4) is 0 Å². The molecule has 0 saturated heterocycles. The van der Waals surface area contributed by atoms with Crippen molar-refractivity contribution in [3.63, 3.8) is 0 Å². The Balaban J connectivity index is 2.75. The maximum Gasteiger partial charge on any atom is 0.151 e. The van der Waals surface area contributed by atoms with E-state index in [1.165, 1.54) is 0 Å². The molecule has 0 spiro atoms. The molecule has 0 bridgehead atoms. The molecule has 2 heterocycles. The van der Waals surface area contributed by atoms with Crippen LogP contribution in [-0.4, -0.2) is 9.38 Å². The van der Waals surface area contributed by atoms with Crippen molar-refractivity contribution in [2.24, 2.45) is 0 Å². The van der Waals surface area contributed by atoms with Crippen LogP contribution in [0.15, 0.2) is 27.4 Å². The topological polar surface area (TPSA) is 17.3 Å². The van der Waals surface area contributed by atoms with Gasteiger partial charge in [-0.25, -0.2) is 4.98 Å². The molecular formula is C8H5Br2ClN2. The number of rotatable bonds is 1. The van der Waals surface area contributed by atoms with Crippen LogP contribution in [0.4, 0.5) is 0 Å². The van der Waals surface area contributed by atoms with Gasteiger partial charge in [0.05, 0.1) is 16.0 Å². The first-order chi connectivity index (χ1) is 6.20. The maximum atomic E-state index is 5.69. The van der Waals surface area contributed by atoms with Gasteiger partial charge in [-0.3, -0.25) is 0 Å². The molecule has 0 N–H and O–H groups in total. The summed E-state index contributed by atoms with van der Waals surface area (Å²) >= 11 is 12.5. The quantitative estimate of drug-likeness (QED) is 0.733. The van der Waals surface area contributed by atoms with Crippen molar-refractivity contribution in [2.75, 3.05) is 0 Å². The third-order valence-electron chi connectivity index (χ3n) is 1.66. The molecule has 13 heavy (non-hydrogen) atoms. The van der Waals surface area contributed by atoms with Crippen molar-refractivity contribution in [1.82, 2.24) is 9.38 Å². The SMILES string of the molecule is ClCc1cn2cc(Br)cc(Br)c2n1. The average Bonchev–Trinajstić information content (AvgIpc) is 2.47. The van der Waals surface area contributed by atoms with E-state index in [-0.39, 0.29) is 0 Å². The summed E-state index contributed by atoms with van der Waals surface area (Å²) in [6, 6.07) is 1.96. The monoisotopic (exact) mass is 322 g/mol. The van der Waals surface area contributed by atoms with Crippen LogP contribution in [0.2, 0.25) is 0 Å². The number of fused-ring (bicyclic) bond motifs is 1. The lowest BCUT2D eigenvalue weighted by Gasteiger charge is -1.96. The molecule has 2 aromatic rings. The Morgan fingerprint density at radius 2 is 2.15 bits per heavy atom. The zero-order valence-electron chi connectivity index (χ0n) is 6.47. The van der Waals surface area contributed by atoms with Gasteiger partial charge in [0.25, 0.3) is 0 Å². The van der Waals surface area contributed by atoms with Crippen molar-refractivity contribution < 1.29 is 0 Å². The van der Waals surface area contributed by atoms with Crippen LogP contribution in [0, 0.1) is 0 Å². The molecular weight excluding hydrogens is 319 g/mol. The summed E-state index contributed by atoms with van der Waals surface area (Å²) in [5, 5.41) is 0. The van der Waals surface area contributed by atoms with Gasteiger partial charge in [-0.15, -0.1) is 11.6 Å². The fourth-order valence-corrected chi connectivity index (χ4v) is 2.57. The number of hydrogen-bond donors (Lipinski definition) is 0. The van der Waals surface area contributed by atoms with Gasteiger partial charge in [0.2, 0.25) is 0 Å². The number of hydrogen-bond acceptors (Lipinski definition) is 1. The summed E-state index contributed by atoms with van der Waals surface area (Å²) in [6.45, 7) is 0. The van der Waals surface area contributed by atoms with E-state index in [0.29, 0.717) is 5.88 Å². The van der Waals surface area contributed by atoms with Crippen LogP contribution in [-0.2, 0) is 5.88 Å². The maximum absolute atomic E-state index is 5.69. The molecule has 5 heteroatoms. The highest BCUT2D eigenvalue weighted by Gasteiger charge is 2.04. The molecule has 2 nitrogen and oxygen atoms in total. The van der Waals surface area contributed by atoms with Crippen molar-refractivity contribution >= 4 is 49.1 Å². The van der Waals surface area contributed by atoms with Gasteiger partial charge in [-0.2, -0.15) is 0 Å². The lowest BCUT2D eigenvalue weighted by molar-refractivity contribution is 1.16. The Bertz CT molecular complexity index is 453. The lowest BCUT2D eigenvalue weighted by Crippen LogP contribution is -1.83. The fourth-order valence-electron chi connectivity index (χ4n) is 1.14. The summed E-state index contributed by atoms with van der Waals surface area (Å²) in [5.74, 6) is 0.436. The highest BCUT2D eigenvalue weighted by atomic mass is 79.9. The van der Waals surface area contributed by atoms with Gasteiger partial charge < -0.3 is 4.40 Å². The predicted octanol–water partition coefficient (Wildman–Crippen LogP) is 3.60. The summed E-state index contributed by atoms with van der Waals surface area (Å²) in [4.78, 5) is 4.34. The number of imidazole rings is 1. The minimum atomic E-state index is 0.436. The summed E-state index contributed by atoms with van der Waals surface area (Å²) in [7, 11) is 0. The summed E-state index contributed by atoms with van der Waals surface area (Å²) < 4.78 is 3.90. The smallest absolute Gasteiger partial charge is 0.151 e. The summed E-state index contributed by atoms with van der Waals surface area (Å²) in [5.41, 5.74) is 1.76. The van der Waals surface area contributed by atoms with Crippen LogP contribution in [0.5, 0.6) is 0 Å². The van der Waals surface area contributed by atoms with E-state index in [0.717, 1.165) is 20.3 Å². The van der Waals surface area contributed by atoms with E-state index >= 15 is 0 Å². The molecule has 0 aliphatic heterocycles. The number of nitrogens with zero attached hydrogens (tertiary/aromatic N) is 2. The van der Waals surface area contributed by atoms with Crippen molar-refractivity contribution in [2.45, 2.75) is 5.88 Å². The second-order valence-corrected chi connectivity index (χ2v) is 4.64. The Kier molecular flexibility index (Phi) is 2.62. The van der Waals surface area contributed by atoms with Gasteiger partial charge in [-0.1, -0.05) is 0 Å². The predicted molar refractivity (Wildman–Crippen MR) is 60.1 cm³/mol. The van der Waals surface area contributed by atoms with Gasteiger partial charge in [0.1, 0.15) is 0 Å². The van der Waals surface area contributed by atoms with Crippen molar-refractivity contribution in [1.29, 1.82) is 0 Å². The van der Waals surface area contributed by atoms with E-state index in [2.05, 4.69) is 36.8 Å². The molecule has 0 aliphatic carbocycles. The van der Waals surface area contributed by atoms with Crippen LogP contribution >= 0.6 is 43.5 Å². The minimum absolute atomic E-state index is 0.436. The minimum Gasteiger partial charge on any atom is -0.305 e. The number of pyridine rings is 1. The first kappa shape index (κ1) is 9.49. The molecule has 0 fully saturated rings. The molecule has 2 rings (SSSR count). The van der Waals surface area contributed by atoms with Gasteiger partial charge in [0, 0.05) is 16.9 Å². The average molecular weight is 324 g/mol.